The van der Waals surface area contributed by atoms with Crippen LogP contribution in [0.15, 0.2) is 18.5 Å². The van der Waals surface area contributed by atoms with Crippen molar-refractivity contribution in [3.8, 4) is 0 Å². The SMILES string of the molecule is Cc1cncc(C[O])c1. The van der Waals surface area contributed by atoms with E-state index in [1.165, 1.54) is 0 Å². The maximum atomic E-state index is 10.2. The molecule has 0 amide bonds. The summed E-state index contributed by atoms with van der Waals surface area (Å²) < 4.78 is 0. The zero-order valence-electron chi connectivity index (χ0n) is 5.29. The Labute approximate surface area is 54.2 Å². The summed E-state index contributed by atoms with van der Waals surface area (Å²) in [7, 11) is 0. The Hall–Kier alpha value is -0.890. The van der Waals surface area contributed by atoms with Gasteiger partial charge in [0.1, 0.15) is 6.61 Å². The Bertz CT molecular complexity index is 198. The second kappa shape index (κ2) is 2.60. The monoisotopic (exact) mass is 122 g/mol. The smallest absolute Gasteiger partial charge is 0.109 e. The van der Waals surface area contributed by atoms with E-state index >= 15 is 0 Å². The quantitative estimate of drug-likeness (QED) is 0.553. The molecule has 0 atom stereocenters. The van der Waals surface area contributed by atoms with Crippen molar-refractivity contribution >= 4 is 0 Å². The molecule has 0 N–H and O–H groups in total. The van der Waals surface area contributed by atoms with E-state index < -0.39 is 0 Å². The molecule has 1 aromatic heterocycles. The Balaban J connectivity index is 2.94. The van der Waals surface area contributed by atoms with Gasteiger partial charge in [-0.2, -0.15) is 0 Å². The molecule has 9 heavy (non-hydrogen) atoms. The van der Waals surface area contributed by atoms with Crippen molar-refractivity contribution in [2.75, 3.05) is 0 Å². The predicted octanol–water partition coefficient (Wildman–Crippen LogP) is 1.32. The maximum Gasteiger partial charge on any atom is 0.109 e. The van der Waals surface area contributed by atoms with Gasteiger partial charge in [-0.3, -0.25) is 4.98 Å². The van der Waals surface area contributed by atoms with Gasteiger partial charge in [0.25, 0.3) is 0 Å². The van der Waals surface area contributed by atoms with E-state index in [0.717, 1.165) is 11.1 Å². The Morgan fingerprint density at radius 1 is 1.56 bits per heavy atom. The summed E-state index contributed by atoms with van der Waals surface area (Å²) in [6.45, 7) is 1.75. The maximum absolute atomic E-state index is 10.2. The Kier molecular flexibility index (Phi) is 1.80. The normalized spacial score (nSPS) is 9.56. The third-order valence-corrected chi connectivity index (χ3v) is 1.10. The van der Waals surface area contributed by atoms with Crippen molar-refractivity contribution in [2.24, 2.45) is 0 Å². The zero-order valence-corrected chi connectivity index (χ0v) is 5.29. The summed E-state index contributed by atoms with van der Waals surface area (Å²) in [5.74, 6) is 0. The molecule has 1 heterocycles. The standard InChI is InChI=1S/C7H8NO/c1-6-2-7(5-9)4-8-3-6/h2-4H,5H2,1H3. The molecule has 0 unspecified atom stereocenters. The van der Waals surface area contributed by atoms with Crippen LogP contribution in [0, 0.1) is 6.92 Å². The minimum absolute atomic E-state index is 0.172. The van der Waals surface area contributed by atoms with Crippen LogP contribution in [-0.2, 0) is 11.7 Å². The average molecular weight is 122 g/mol. The van der Waals surface area contributed by atoms with Crippen LogP contribution < -0.4 is 0 Å². The molecule has 1 radical (unpaired) electrons. The molecule has 0 spiro atoms. The van der Waals surface area contributed by atoms with Gasteiger partial charge in [-0.05, 0) is 18.1 Å². The first-order valence-corrected chi connectivity index (χ1v) is 2.81. The van der Waals surface area contributed by atoms with Gasteiger partial charge in [-0.25, -0.2) is 5.11 Å². The van der Waals surface area contributed by atoms with E-state index in [9.17, 15) is 5.11 Å². The Morgan fingerprint density at radius 2 is 2.33 bits per heavy atom. The van der Waals surface area contributed by atoms with Crippen molar-refractivity contribution in [1.29, 1.82) is 0 Å². The van der Waals surface area contributed by atoms with Gasteiger partial charge in [0.05, 0.1) is 0 Å². The van der Waals surface area contributed by atoms with Gasteiger partial charge >= 0.3 is 0 Å². The summed E-state index contributed by atoms with van der Waals surface area (Å²) in [4.78, 5) is 3.86. The van der Waals surface area contributed by atoms with Crippen LogP contribution in [-0.4, -0.2) is 4.98 Å². The first kappa shape index (κ1) is 6.23. The summed E-state index contributed by atoms with van der Waals surface area (Å²) in [6.07, 6.45) is 3.33. The van der Waals surface area contributed by atoms with Gasteiger partial charge in [0.15, 0.2) is 0 Å². The van der Waals surface area contributed by atoms with Crippen LogP contribution in [0.3, 0.4) is 0 Å². The molecule has 0 aromatic carbocycles. The lowest BCUT2D eigenvalue weighted by Crippen LogP contribution is -1.83. The number of hydrogen-bond acceptors (Lipinski definition) is 1. The second-order valence-electron chi connectivity index (χ2n) is 2.01. The van der Waals surface area contributed by atoms with Crippen LogP contribution in [0.4, 0.5) is 0 Å². The molecule has 0 aliphatic heterocycles. The Morgan fingerprint density at radius 3 is 2.78 bits per heavy atom. The van der Waals surface area contributed by atoms with E-state index in [1.54, 1.807) is 12.4 Å². The minimum atomic E-state index is -0.172. The van der Waals surface area contributed by atoms with Gasteiger partial charge in [0, 0.05) is 12.4 Å². The highest BCUT2D eigenvalue weighted by Crippen LogP contribution is 1.99. The molecule has 1 aromatic rings. The third-order valence-electron chi connectivity index (χ3n) is 1.10. The lowest BCUT2D eigenvalue weighted by atomic mass is 10.2. The van der Waals surface area contributed by atoms with Crippen molar-refractivity contribution in [3.63, 3.8) is 0 Å². The van der Waals surface area contributed by atoms with Gasteiger partial charge in [0.2, 0.25) is 0 Å². The summed E-state index contributed by atoms with van der Waals surface area (Å²) in [5.41, 5.74) is 1.80. The van der Waals surface area contributed by atoms with Gasteiger partial charge in [-0.1, -0.05) is 6.07 Å². The van der Waals surface area contributed by atoms with Crippen LogP contribution in [0.5, 0.6) is 0 Å². The molecule has 0 saturated carbocycles. The molecule has 0 fully saturated rings. The van der Waals surface area contributed by atoms with Gasteiger partial charge in [-0.15, -0.1) is 0 Å². The number of aryl methyl sites for hydroxylation is 1. The zero-order chi connectivity index (χ0) is 6.69. The fourth-order valence-corrected chi connectivity index (χ4v) is 0.696. The largest absolute Gasteiger partial charge is 0.264 e. The van der Waals surface area contributed by atoms with Crippen molar-refractivity contribution in [1.82, 2.24) is 4.98 Å². The van der Waals surface area contributed by atoms with Crippen LogP contribution in [0.25, 0.3) is 0 Å². The number of rotatable bonds is 1. The number of pyridine rings is 1. The molecule has 0 bridgehead atoms. The predicted molar refractivity (Wildman–Crippen MR) is 33.4 cm³/mol. The van der Waals surface area contributed by atoms with Crippen LogP contribution >= 0.6 is 0 Å². The first-order chi connectivity index (χ1) is 4.33. The molecule has 1 rings (SSSR count). The fourth-order valence-electron chi connectivity index (χ4n) is 0.696. The highest BCUT2D eigenvalue weighted by Gasteiger charge is 1.89. The number of hydrogen-bond donors (Lipinski definition) is 0. The number of aromatic nitrogens is 1. The minimum Gasteiger partial charge on any atom is -0.264 e. The molecule has 0 aliphatic rings. The van der Waals surface area contributed by atoms with E-state index in [4.69, 9.17) is 0 Å². The number of nitrogens with zero attached hydrogens (tertiary/aromatic N) is 1. The fraction of sp³-hybridized carbons (Fsp3) is 0.286. The summed E-state index contributed by atoms with van der Waals surface area (Å²) in [5, 5.41) is 10.2. The van der Waals surface area contributed by atoms with Crippen molar-refractivity contribution in [2.45, 2.75) is 13.5 Å². The molecular weight excluding hydrogens is 114 g/mol. The topological polar surface area (TPSA) is 32.8 Å². The average Bonchev–Trinajstić information content (AvgIpc) is 1.88. The van der Waals surface area contributed by atoms with E-state index in [-0.39, 0.29) is 6.61 Å². The van der Waals surface area contributed by atoms with E-state index in [1.807, 2.05) is 13.0 Å². The van der Waals surface area contributed by atoms with E-state index in [0.29, 0.717) is 0 Å². The van der Waals surface area contributed by atoms with Crippen LogP contribution in [0.1, 0.15) is 11.1 Å². The van der Waals surface area contributed by atoms with Crippen molar-refractivity contribution in [3.05, 3.63) is 29.6 Å². The lowest BCUT2D eigenvalue weighted by Gasteiger charge is -1.92. The molecule has 47 valence electrons. The molecular formula is C7H8NO. The first-order valence-electron chi connectivity index (χ1n) is 2.81. The van der Waals surface area contributed by atoms with Crippen LogP contribution in [0.2, 0.25) is 0 Å². The van der Waals surface area contributed by atoms with Crippen molar-refractivity contribution < 1.29 is 5.11 Å². The molecule has 2 nitrogen and oxygen atoms in total. The summed E-state index contributed by atoms with van der Waals surface area (Å²) in [6, 6.07) is 1.85. The molecule has 2 heteroatoms. The van der Waals surface area contributed by atoms with Gasteiger partial charge < -0.3 is 0 Å². The molecule has 0 aliphatic carbocycles. The second-order valence-corrected chi connectivity index (χ2v) is 2.01. The highest BCUT2D eigenvalue weighted by atomic mass is 16.3. The highest BCUT2D eigenvalue weighted by molar-refractivity contribution is 5.15. The molecule has 0 saturated heterocycles. The summed E-state index contributed by atoms with van der Waals surface area (Å²) >= 11 is 0. The lowest BCUT2D eigenvalue weighted by molar-refractivity contribution is 0.177. The van der Waals surface area contributed by atoms with E-state index in [2.05, 4.69) is 4.98 Å². The third kappa shape index (κ3) is 1.50.